The van der Waals surface area contributed by atoms with Crippen molar-refractivity contribution in [3.8, 4) is 5.75 Å². The summed E-state index contributed by atoms with van der Waals surface area (Å²) in [5.41, 5.74) is 0.793. The van der Waals surface area contributed by atoms with Crippen LogP contribution in [0.2, 0.25) is 0 Å². The number of hydrogen-bond donors (Lipinski definition) is 1. The SMILES string of the molecule is C=CCOc1ccc(/C=C/C(=O)OC(C)C(=O)Nc2ccccc2F)cc1. The highest BCUT2D eigenvalue weighted by molar-refractivity contribution is 5.96. The lowest BCUT2D eigenvalue weighted by molar-refractivity contribution is -0.148. The molecule has 6 heteroatoms. The van der Waals surface area contributed by atoms with Crippen LogP contribution in [0.15, 0.2) is 67.3 Å². The molecular weight excluding hydrogens is 349 g/mol. The first-order valence-electron chi connectivity index (χ1n) is 8.27. The minimum absolute atomic E-state index is 0.0275. The molecule has 0 fully saturated rings. The first-order valence-corrected chi connectivity index (χ1v) is 8.27. The molecule has 1 amide bonds. The van der Waals surface area contributed by atoms with Crippen molar-refractivity contribution in [2.45, 2.75) is 13.0 Å². The maximum Gasteiger partial charge on any atom is 0.331 e. The third kappa shape index (κ3) is 6.43. The van der Waals surface area contributed by atoms with E-state index in [1.807, 2.05) is 0 Å². The Morgan fingerprint density at radius 3 is 2.56 bits per heavy atom. The Balaban J connectivity index is 1.86. The van der Waals surface area contributed by atoms with Gasteiger partial charge < -0.3 is 14.8 Å². The van der Waals surface area contributed by atoms with E-state index in [1.54, 1.807) is 42.5 Å². The molecule has 0 aliphatic rings. The van der Waals surface area contributed by atoms with Crippen molar-refractivity contribution in [1.29, 1.82) is 0 Å². The summed E-state index contributed by atoms with van der Waals surface area (Å²) < 4.78 is 23.9. The Bertz CT molecular complexity index is 830. The first-order chi connectivity index (χ1) is 13.0. The molecule has 2 aromatic carbocycles. The molecule has 1 unspecified atom stereocenters. The van der Waals surface area contributed by atoms with Gasteiger partial charge in [0.25, 0.3) is 5.91 Å². The average Bonchev–Trinajstić information content (AvgIpc) is 2.67. The molecule has 140 valence electrons. The zero-order valence-corrected chi connectivity index (χ0v) is 14.9. The second kappa shape index (κ2) is 9.91. The molecule has 0 heterocycles. The molecule has 1 atom stereocenters. The molecule has 0 saturated carbocycles. The summed E-state index contributed by atoms with van der Waals surface area (Å²) in [4.78, 5) is 23.9. The summed E-state index contributed by atoms with van der Waals surface area (Å²) in [5, 5.41) is 2.38. The summed E-state index contributed by atoms with van der Waals surface area (Å²) in [6.07, 6.45) is 3.34. The number of para-hydroxylation sites is 1. The van der Waals surface area contributed by atoms with Crippen LogP contribution in [0.3, 0.4) is 0 Å². The largest absolute Gasteiger partial charge is 0.490 e. The van der Waals surface area contributed by atoms with E-state index in [0.717, 1.165) is 5.56 Å². The standard InChI is InChI=1S/C21H20FNO4/c1-3-14-26-17-11-8-16(9-12-17)10-13-20(24)27-15(2)21(25)23-19-7-5-4-6-18(19)22/h3-13,15H,1,14H2,2H3,(H,23,25)/b13-10+. The number of anilines is 1. The number of esters is 1. The Hall–Kier alpha value is -3.41. The van der Waals surface area contributed by atoms with Crippen molar-refractivity contribution < 1.29 is 23.5 Å². The van der Waals surface area contributed by atoms with E-state index < -0.39 is 23.8 Å². The number of rotatable bonds is 8. The minimum atomic E-state index is -1.07. The van der Waals surface area contributed by atoms with E-state index in [2.05, 4.69) is 11.9 Å². The van der Waals surface area contributed by atoms with Gasteiger partial charge >= 0.3 is 5.97 Å². The number of halogens is 1. The number of carbonyl (C=O) groups excluding carboxylic acids is 2. The van der Waals surface area contributed by atoms with Crippen LogP contribution in [0, 0.1) is 5.82 Å². The fraction of sp³-hybridized carbons (Fsp3) is 0.143. The normalized spacial score (nSPS) is 11.6. The highest BCUT2D eigenvalue weighted by Gasteiger charge is 2.17. The molecule has 0 aliphatic carbocycles. The van der Waals surface area contributed by atoms with Gasteiger partial charge in [-0.3, -0.25) is 4.79 Å². The van der Waals surface area contributed by atoms with Crippen LogP contribution in [0.4, 0.5) is 10.1 Å². The average molecular weight is 369 g/mol. The van der Waals surface area contributed by atoms with Gasteiger partial charge in [-0.15, -0.1) is 0 Å². The number of hydrogen-bond acceptors (Lipinski definition) is 4. The van der Waals surface area contributed by atoms with Gasteiger partial charge in [0.05, 0.1) is 5.69 Å². The molecule has 1 N–H and O–H groups in total. The Morgan fingerprint density at radius 2 is 1.89 bits per heavy atom. The number of ether oxygens (including phenoxy) is 2. The monoisotopic (exact) mass is 369 g/mol. The topological polar surface area (TPSA) is 64.6 Å². The van der Waals surface area contributed by atoms with E-state index >= 15 is 0 Å². The summed E-state index contributed by atoms with van der Waals surface area (Å²) >= 11 is 0. The molecule has 0 spiro atoms. The molecule has 27 heavy (non-hydrogen) atoms. The fourth-order valence-corrected chi connectivity index (χ4v) is 2.06. The van der Waals surface area contributed by atoms with Gasteiger partial charge in [-0.05, 0) is 42.8 Å². The number of amides is 1. The van der Waals surface area contributed by atoms with Crippen LogP contribution in [0.1, 0.15) is 12.5 Å². The molecular formula is C21H20FNO4. The van der Waals surface area contributed by atoms with E-state index in [4.69, 9.17) is 9.47 Å². The van der Waals surface area contributed by atoms with E-state index in [-0.39, 0.29) is 5.69 Å². The van der Waals surface area contributed by atoms with Gasteiger partial charge in [-0.2, -0.15) is 0 Å². The van der Waals surface area contributed by atoms with Crippen molar-refractivity contribution in [1.82, 2.24) is 0 Å². The Kier molecular flexibility index (Phi) is 7.31. The first kappa shape index (κ1) is 19.9. The summed E-state index contributed by atoms with van der Waals surface area (Å²) in [6.45, 7) is 5.39. The number of benzene rings is 2. The summed E-state index contributed by atoms with van der Waals surface area (Å²) in [6, 6.07) is 12.8. The second-order valence-electron chi connectivity index (χ2n) is 5.55. The van der Waals surface area contributed by atoms with Crippen molar-refractivity contribution in [3.05, 3.63) is 78.6 Å². The molecule has 0 aliphatic heterocycles. The van der Waals surface area contributed by atoms with Gasteiger partial charge in [0.15, 0.2) is 6.10 Å². The maximum atomic E-state index is 13.5. The van der Waals surface area contributed by atoms with Crippen molar-refractivity contribution in [3.63, 3.8) is 0 Å². The van der Waals surface area contributed by atoms with Crippen LogP contribution in [0.5, 0.6) is 5.75 Å². The quantitative estimate of drug-likeness (QED) is 0.434. The van der Waals surface area contributed by atoms with Crippen molar-refractivity contribution in [2.24, 2.45) is 0 Å². The van der Waals surface area contributed by atoms with Gasteiger partial charge in [0.1, 0.15) is 18.2 Å². The smallest absolute Gasteiger partial charge is 0.331 e. The van der Waals surface area contributed by atoms with E-state index in [1.165, 1.54) is 31.2 Å². The van der Waals surface area contributed by atoms with Crippen LogP contribution < -0.4 is 10.1 Å². The van der Waals surface area contributed by atoms with Crippen LogP contribution >= 0.6 is 0 Å². The van der Waals surface area contributed by atoms with Crippen molar-refractivity contribution in [2.75, 3.05) is 11.9 Å². The third-order valence-corrected chi connectivity index (χ3v) is 3.45. The molecule has 0 aromatic heterocycles. The Morgan fingerprint density at radius 1 is 1.19 bits per heavy atom. The van der Waals surface area contributed by atoms with Crippen LogP contribution in [0.25, 0.3) is 6.08 Å². The molecule has 0 saturated heterocycles. The number of carbonyl (C=O) groups is 2. The molecule has 0 bridgehead atoms. The molecule has 2 aromatic rings. The molecule has 2 rings (SSSR count). The van der Waals surface area contributed by atoms with Crippen LogP contribution in [-0.4, -0.2) is 24.6 Å². The predicted molar refractivity (Wildman–Crippen MR) is 102 cm³/mol. The zero-order chi connectivity index (χ0) is 19.6. The van der Waals surface area contributed by atoms with Gasteiger partial charge in [-0.1, -0.05) is 36.9 Å². The maximum absolute atomic E-state index is 13.5. The van der Waals surface area contributed by atoms with Crippen LogP contribution in [-0.2, 0) is 14.3 Å². The lowest BCUT2D eigenvalue weighted by Crippen LogP contribution is -2.29. The molecule has 5 nitrogen and oxygen atoms in total. The highest BCUT2D eigenvalue weighted by atomic mass is 19.1. The summed E-state index contributed by atoms with van der Waals surface area (Å²) in [5.74, 6) is -1.18. The minimum Gasteiger partial charge on any atom is -0.490 e. The van der Waals surface area contributed by atoms with Gasteiger partial charge in [0.2, 0.25) is 0 Å². The summed E-state index contributed by atoms with van der Waals surface area (Å²) in [7, 11) is 0. The highest BCUT2D eigenvalue weighted by Crippen LogP contribution is 2.14. The van der Waals surface area contributed by atoms with Gasteiger partial charge in [0, 0.05) is 6.08 Å². The van der Waals surface area contributed by atoms with Crippen molar-refractivity contribution >= 4 is 23.6 Å². The third-order valence-electron chi connectivity index (χ3n) is 3.45. The van der Waals surface area contributed by atoms with Gasteiger partial charge in [-0.25, -0.2) is 9.18 Å². The predicted octanol–water partition coefficient (Wildman–Crippen LogP) is 3.97. The lowest BCUT2D eigenvalue weighted by atomic mass is 10.2. The van der Waals surface area contributed by atoms with E-state index in [9.17, 15) is 14.0 Å². The Labute approximate surface area is 157 Å². The zero-order valence-electron chi connectivity index (χ0n) is 14.9. The fourth-order valence-electron chi connectivity index (χ4n) is 2.06. The molecule has 0 radical (unpaired) electrons. The second-order valence-corrected chi connectivity index (χ2v) is 5.55. The number of nitrogens with one attached hydrogen (secondary N) is 1. The lowest BCUT2D eigenvalue weighted by Gasteiger charge is -2.12. The van der Waals surface area contributed by atoms with E-state index in [0.29, 0.717) is 12.4 Å².